The van der Waals surface area contributed by atoms with Crippen LogP contribution in [0.5, 0.6) is 5.75 Å². The van der Waals surface area contributed by atoms with Gasteiger partial charge in [0.1, 0.15) is 11.3 Å². The van der Waals surface area contributed by atoms with E-state index >= 15 is 0 Å². The minimum Gasteiger partial charge on any atom is -0.494 e. The number of ether oxygens (including phenoxy) is 1. The van der Waals surface area contributed by atoms with Crippen molar-refractivity contribution in [1.82, 2.24) is 9.80 Å². The second-order valence-corrected chi connectivity index (χ2v) is 6.01. The molecule has 0 spiro atoms. The lowest BCUT2D eigenvalue weighted by Gasteiger charge is -2.40. The normalized spacial score (nSPS) is 17.4. The van der Waals surface area contributed by atoms with Gasteiger partial charge >= 0.3 is 0 Å². The highest BCUT2D eigenvalue weighted by Crippen LogP contribution is 2.16. The number of benzene rings is 1. The number of rotatable bonds is 6. The van der Waals surface area contributed by atoms with Gasteiger partial charge in [-0.3, -0.25) is 4.90 Å². The summed E-state index contributed by atoms with van der Waals surface area (Å²) in [4.78, 5) is 4.72. The van der Waals surface area contributed by atoms with Crippen molar-refractivity contribution in [2.75, 3.05) is 39.3 Å². The second-order valence-electron chi connectivity index (χ2n) is 6.01. The van der Waals surface area contributed by atoms with Crippen molar-refractivity contribution in [3.05, 3.63) is 30.3 Å². The lowest BCUT2D eigenvalue weighted by atomic mass is 10.0. The first-order valence-corrected chi connectivity index (χ1v) is 7.68. The van der Waals surface area contributed by atoms with Gasteiger partial charge in [-0.15, -0.1) is 0 Å². The zero-order valence-electron chi connectivity index (χ0n) is 13.1. The molecule has 1 aliphatic heterocycles. The monoisotopic (exact) mass is 287 g/mol. The van der Waals surface area contributed by atoms with Crippen LogP contribution in [0.3, 0.4) is 0 Å². The molecule has 21 heavy (non-hydrogen) atoms. The Balaban J connectivity index is 1.62. The number of nitrogens with zero attached hydrogens (tertiary/aromatic N) is 3. The van der Waals surface area contributed by atoms with Gasteiger partial charge in [0.2, 0.25) is 0 Å². The molecule has 1 aromatic rings. The molecule has 0 aliphatic carbocycles. The van der Waals surface area contributed by atoms with Gasteiger partial charge in [0.15, 0.2) is 0 Å². The van der Waals surface area contributed by atoms with Crippen LogP contribution in [0.1, 0.15) is 20.3 Å². The van der Waals surface area contributed by atoms with Crippen LogP contribution < -0.4 is 4.74 Å². The molecule has 114 valence electrons. The number of piperazine rings is 1. The summed E-state index contributed by atoms with van der Waals surface area (Å²) >= 11 is 0. The fraction of sp³-hybridized carbons (Fsp3) is 0.588. The molecule has 1 aromatic carbocycles. The molecule has 0 aromatic heterocycles. The van der Waals surface area contributed by atoms with E-state index in [4.69, 9.17) is 4.74 Å². The molecule has 0 bridgehead atoms. The van der Waals surface area contributed by atoms with Crippen LogP contribution in [0.2, 0.25) is 0 Å². The minimum absolute atomic E-state index is 0.345. The third-order valence-electron chi connectivity index (χ3n) is 4.07. The zero-order chi connectivity index (χ0) is 15.1. The molecule has 1 saturated heterocycles. The van der Waals surface area contributed by atoms with Crippen molar-refractivity contribution >= 4 is 0 Å². The van der Waals surface area contributed by atoms with Gasteiger partial charge in [0.25, 0.3) is 0 Å². The molecule has 0 N–H and O–H groups in total. The quantitative estimate of drug-likeness (QED) is 0.753. The van der Waals surface area contributed by atoms with E-state index in [1.165, 1.54) is 0 Å². The summed E-state index contributed by atoms with van der Waals surface area (Å²) in [6, 6.07) is 12.3. The molecule has 4 heteroatoms. The fourth-order valence-corrected chi connectivity index (χ4v) is 2.60. The van der Waals surface area contributed by atoms with Crippen LogP contribution in [0, 0.1) is 11.3 Å². The predicted octanol–water partition coefficient (Wildman–Crippen LogP) is 2.38. The largest absolute Gasteiger partial charge is 0.494 e. The number of hydrogen-bond donors (Lipinski definition) is 0. The Bertz CT molecular complexity index is 459. The molecule has 0 unspecified atom stereocenters. The van der Waals surface area contributed by atoms with E-state index < -0.39 is 0 Å². The van der Waals surface area contributed by atoms with E-state index in [9.17, 15) is 5.26 Å². The smallest absolute Gasteiger partial charge is 0.119 e. The summed E-state index contributed by atoms with van der Waals surface area (Å²) < 4.78 is 5.71. The van der Waals surface area contributed by atoms with Gasteiger partial charge in [-0.1, -0.05) is 18.2 Å². The maximum atomic E-state index is 9.17. The van der Waals surface area contributed by atoms with Crippen LogP contribution in [0.15, 0.2) is 30.3 Å². The maximum absolute atomic E-state index is 9.17. The maximum Gasteiger partial charge on any atom is 0.119 e. The van der Waals surface area contributed by atoms with E-state index in [0.717, 1.165) is 51.5 Å². The Hall–Kier alpha value is -1.57. The van der Waals surface area contributed by atoms with Gasteiger partial charge < -0.3 is 9.64 Å². The summed E-state index contributed by atoms with van der Waals surface area (Å²) in [5.41, 5.74) is -0.345. The Morgan fingerprint density at radius 3 is 2.43 bits per heavy atom. The van der Waals surface area contributed by atoms with Crippen molar-refractivity contribution in [2.24, 2.45) is 0 Å². The van der Waals surface area contributed by atoms with Crippen molar-refractivity contribution in [1.29, 1.82) is 5.26 Å². The first-order valence-electron chi connectivity index (χ1n) is 7.68. The average Bonchev–Trinajstić information content (AvgIpc) is 2.53. The highest BCUT2D eigenvalue weighted by molar-refractivity contribution is 5.20. The van der Waals surface area contributed by atoms with E-state index in [2.05, 4.69) is 15.9 Å². The number of hydrogen-bond acceptors (Lipinski definition) is 4. The third kappa shape index (κ3) is 4.73. The summed E-state index contributed by atoms with van der Waals surface area (Å²) in [7, 11) is 0. The minimum atomic E-state index is -0.345. The second kappa shape index (κ2) is 7.44. The molecule has 0 atom stereocenters. The van der Waals surface area contributed by atoms with Gasteiger partial charge in [-0.2, -0.15) is 5.26 Å². The highest BCUT2D eigenvalue weighted by Gasteiger charge is 2.29. The molecule has 4 nitrogen and oxygen atoms in total. The molecule has 0 radical (unpaired) electrons. The Labute approximate surface area is 127 Å². The lowest BCUT2D eigenvalue weighted by molar-refractivity contribution is 0.0772. The first kappa shape index (κ1) is 15.8. The van der Waals surface area contributed by atoms with Gasteiger partial charge in [-0.25, -0.2) is 0 Å². The fourth-order valence-electron chi connectivity index (χ4n) is 2.60. The van der Waals surface area contributed by atoms with E-state index in [-0.39, 0.29) is 5.54 Å². The van der Waals surface area contributed by atoms with E-state index in [1.807, 2.05) is 44.2 Å². The standard InChI is InChI=1S/C17H25N3O/c1-17(2,15-18)20-12-10-19(11-13-20)9-6-14-21-16-7-4-3-5-8-16/h3-5,7-8H,6,9-14H2,1-2H3. The van der Waals surface area contributed by atoms with Gasteiger partial charge in [0, 0.05) is 32.7 Å². The van der Waals surface area contributed by atoms with Crippen molar-refractivity contribution in [3.8, 4) is 11.8 Å². The predicted molar refractivity (Wildman–Crippen MR) is 84.3 cm³/mol. The average molecular weight is 287 g/mol. The van der Waals surface area contributed by atoms with Crippen LogP contribution in [-0.4, -0.2) is 54.7 Å². The van der Waals surface area contributed by atoms with Crippen molar-refractivity contribution in [3.63, 3.8) is 0 Å². The Morgan fingerprint density at radius 2 is 1.81 bits per heavy atom. The van der Waals surface area contributed by atoms with Crippen LogP contribution in [0.25, 0.3) is 0 Å². The molecule has 1 fully saturated rings. The van der Waals surface area contributed by atoms with Crippen LogP contribution in [-0.2, 0) is 0 Å². The summed E-state index contributed by atoms with van der Waals surface area (Å²) in [5.74, 6) is 0.943. The van der Waals surface area contributed by atoms with Gasteiger partial charge in [0.05, 0.1) is 12.7 Å². The Morgan fingerprint density at radius 1 is 1.14 bits per heavy atom. The summed E-state index contributed by atoms with van der Waals surface area (Å²) in [6.07, 6.45) is 1.04. The van der Waals surface area contributed by atoms with Crippen molar-refractivity contribution < 1.29 is 4.74 Å². The molecule has 1 heterocycles. The molecular formula is C17H25N3O. The van der Waals surface area contributed by atoms with Crippen LogP contribution in [0.4, 0.5) is 0 Å². The Kier molecular flexibility index (Phi) is 5.60. The third-order valence-corrected chi connectivity index (χ3v) is 4.07. The van der Waals surface area contributed by atoms with Crippen LogP contribution >= 0.6 is 0 Å². The zero-order valence-corrected chi connectivity index (χ0v) is 13.1. The number of nitriles is 1. The lowest BCUT2D eigenvalue weighted by Crippen LogP contribution is -2.54. The molecular weight excluding hydrogens is 262 g/mol. The molecule has 0 amide bonds. The topological polar surface area (TPSA) is 39.5 Å². The van der Waals surface area contributed by atoms with Crippen molar-refractivity contribution in [2.45, 2.75) is 25.8 Å². The van der Waals surface area contributed by atoms with E-state index in [0.29, 0.717) is 0 Å². The molecule has 0 saturated carbocycles. The molecule has 2 rings (SSSR count). The first-order chi connectivity index (χ1) is 10.1. The molecule has 1 aliphatic rings. The summed E-state index contributed by atoms with van der Waals surface area (Å²) in [6.45, 7) is 9.83. The van der Waals surface area contributed by atoms with E-state index in [1.54, 1.807) is 0 Å². The SMILES string of the molecule is CC(C)(C#N)N1CCN(CCCOc2ccccc2)CC1. The summed E-state index contributed by atoms with van der Waals surface area (Å²) in [5, 5.41) is 9.17. The highest BCUT2D eigenvalue weighted by atomic mass is 16.5. The number of para-hydroxylation sites is 1. The van der Waals surface area contributed by atoms with Gasteiger partial charge in [-0.05, 0) is 32.4 Å².